The minimum Gasteiger partial charge on any atom is -0.267 e. The Labute approximate surface area is 123 Å². The second kappa shape index (κ2) is 5.08. The predicted octanol–water partition coefficient (Wildman–Crippen LogP) is 2.44. The first-order valence-corrected chi connectivity index (χ1v) is 6.89. The number of aromatic nitrogens is 3. The van der Waals surface area contributed by atoms with Crippen molar-refractivity contribution in [3.63, 3.8) is 0 Å². The van der Waals surface area contributed by atoms with E-state index >= 15 is 0 Å². The van der Waals surface area contributed by atoms with Gasteiger partial charge in [0, 0.05) is 3.57 Å². The normalized spacial score (nSPS) is 10.8. The number of rotatable bonds is 2. The molecule has 3 aromatic rings. The lowest BCUT2D eigenvalue weighted by molar-refractivity contribution is 0.600. The highest BCUT2D eigenvalue weighted by Crippen LogP contribution is 2.08. The maximum absolute atomic E-state index is 12.3. The second-order valence-corrected chi connectivity index (χ2v) is 5.44. The lowest BCUT2D eigenvalue weighted by atomic mass is 10.2. The molecule has 0 saturated carbocycles. The Morgan fingerprint density at radius 3 is 2.58 bits per heavy atom. The Morgan fingerprint density at radius 2 is 1.79 bits per heavy atom. The fourth-order valence-electron chi connectivity index (χ4n) is 1.89. The van der Waals surface area contributed by atoms with Gasteiger partial charge in [-0.15, -0.1) is 5.10 Å². The summed E-state index contributed by atoms with van der Waals surface area (Å²) in [4.78, 5) is 12.3. The zero-order valence-corrected chi connectivity index (χ0v) is 12.1. The third-order valence-corrected chi connectivity index (χ3v) is 3.59. The van der Waals surface area contributed by atoms with Gasteiger partial charge >= 0.3 is 0 Å². The van der Waals surface area contributed by atoms with Crippen molar-refractivity contribution in [2.24, 2.45) is 0 Å². The monoisotopic (exact) mass is 363 g/mol. The summed E-state index contributed by atoms with van der Waals surface area (Å²) >= 11 is 2.25. The molecule has 0 aliphatic heterocycles. The first-order chi connectivity index (χ1) is 9.24. The van der Waals surface area contributed by atoms with Crippen LogP contribution in [0.15, 0.2) is 53.3 Å². The van der Waals surface area contributed by atoms with Crippen molar-refractivity contribution < 1.29 is 0 Å². The summed E-state index contributed by atoms with van der Waals surface area (Å²) in [5.74, 6) is 0. The number of hydrogen-bond acceptors (Lipinski definition) is 3. The number of fused-ring (bicyclic) bond motifs is 1. The molecule has 0 bridgehead atoms. The third-order valence-electron chi connectivity index (χ3n) is 2.87. The van der Waals surface area contributed by atoms with Gasteiger partial charge in [-0.25, -0.2) is 4.68 Å². The van der Waals surface area contributed by atoms with Crippen molar-refractivity contribution in [3.05, 3.63) is 68.0 Å². The Kier molecular flexibility index (Phi) is 3.29. The van der Waals surface area contributed by atoms with Crippen molar-refractivity contribution in [1.29, 1.82) is 0 Å². The fraction of sp³-hybridized carbons (Fsp3) is 0.0714. The van der Waals surface area contributed by atoms with Gasteiger partial charge in [0.1, 0.15) is 5.52 Å². The summed E-state index contributed by atoms with van der Waals surface area (Å²) in [6, 6.07) is 15.2. The van der Waals surface area contributed by atoms with Gasteiger partial charge in [0.05, 0.1) is 11.9 Å². The van der Waals surface area contributed by atoms with Crippen LogP contribution in [-0.4, -0.2) is 15.0 Å². The summed E-state index contributed by atoms with van der Waals surface area (Å²) in [6.07, 6.45) is 0. The molecular formula is C14H10IN3O. The average molecular weight is 363 g/mol. The van der Waals surface area contributed by atoms with Crippen molar-refractivity contribution in [1.82, 2.24) is 15.0 Å². The molecule has 5 heteroatoms. The van der Waals surface area contributed by atoms with Crippen LogP contribution in [0.2, 0.25) is 0 Å². The summed E-state index contributed by atoms with van der Waals surface area (Å²) in [5.41, 5.74) is 1.56. The lowest BCUT2D eigenvalue weighted by Crippen LogP contribution is -2.24. The van der Waals surface area contributed by atoms with Crippen molar-refractivity contribution >= 4 is 33.5 Å². The van der Waals surface area contributed by atoms with Gasteiger partial charge in [0.2, 0.25) is 0 Å². The molecule has 0 unspecified atom stereocenters. The molecule has 19 heavy (non-hydrogen) atoms. The standard InChI is InChI=1S/C14H10IN3O/c15-11-7-5-10(6-8-11)9-18-14(19)12-3-1-2-4-13(12)16-17-18/h1-8H,9H2. The van der Waals surface area contributed by atoms with Gasteiger partial charge in [-0.1, -0.05) is 29.5 Å². The van der Waals surface area contributed by atoms with Crippen LogP contribution in [0.5, 0.6) is 0 Å². The van der Waals surface area contributed by atoms with E-state index in [-0.39, 0.29) is 5.56 Å². The molecule has 94 valence electrons. The van der Waals surface area contributed by atoms with Crippen LogP contribution < -0.4 is 5.56 Å². The van der Waals surface area contributed by atoms with E-state index in [1.807, 2.05) is 36.4 Å². The van der Waals surface area contributed by atoms with E-state index in [1.54, 1.807) is 12.1 Å². The van der Waals surface area contributed by atoms with Crippen LogP contribution in [0.3, 0.4) is 0 Å². The molecule has 2 aromatic carbocycles. The summed E-state index contributed by atoms with van der Waals surface area (Å²) in [7, 11) is 0. The van der Waals surface area contributed by atoms with E-state index in [4.69, 9.17) is 0 Å². The topological polar surface area (TPSA) is 47.8 Å². The zero-order chi connectivity index (χ0) is 13.2. The number of halogens is 1. The van der Waals surface area contributed by atoms with E-state index in [1.165, 1.54) is 8.25 Å². The van der Waals surface area contributed by atoms with E-state index in [2.05, 4.69) is 32.9 Å². The highest BCUT2D eigenvalue weighted by molar-refractivity contribution is 14.1. The van der Waals surface area contributed by atoms with Crippen LogP contribution in [0.1, 0.15) is 5.56 Å². The molecule has 1 aromatic heterocycles. The quantitative estimate of drug-likeness (QED) is 0.658. The van der Waals surface area contributed by atoms with Gasteiger partial charge in [0.15, 0.2) is 0 Å². The van der Waals surface area contributed by atoms with E-state index in [0.29, 0.717) is 17.4 Å². The second-order valence-electron chi connectivity index (χ2n) is 4.20. The Hall–Kier alpha value is -1.76. The number of benzene rings is 2. The molecule has 0 saturated heterocycles. The van der Waals surface area contributed by atoms with Gasteiger partial charge < -0.3 is 0 Å². The predicted molar refractivity (Wildman–Crippen MR) is 82.1 cm³/mol. The first kappa shape index (κ1) is 12.3. The van der Waals surface area contributed by atoms with E-state index in [0.717, 1.165) is 5.56 Å². The molecule has 0 aliphatic rings. The molecule has 0 N–H and O–H groups in total. The fourth-order valence-corrected chi connectivity index (χ4v) is 2.25. The number of nitrogens with zero attached hydrogens (tertiary/aromatic N) is 3. The van der Waals surface area contributed by atoms with E-state index < -0.39 is 0 Å². The van der Waals surface area contributed by atoms with Crippen LogP contribution in [0.4, 0.5) is 0 Å². The van der Waals surface area contributed by atoms with E-state index in [9.17, 15) is 4.79 Å². The molecule has 0 spiro atoms. The smallest absolute Gasteiger partial charge is 0.267 e. The largest absolute Gasteiger partial charge is 0.277 e. The molecule has 1 heterocycles. The third kappa shape index (κ3) is 2.51. The van der Waals surface area contributed by atoms with Gasteiger partial charge in [-0.2, -0.15) is 0 Å². The van der Waals surface area contributed by atoms with Gasteiger partial charge in [-0.05, 0) is 52.4 Å². The molecule has 3 rings (SSSR count). The molecule has 0 fully saturated rings. The number of hydrogen-bond donors (Lipinski definition) is 0. The average Bonchev–Trinajstić information content (AvgIpc) is 2.45. The van der Waals surface area contributed by atoms with Crippen LogP contribution in [0.25, 0.3) is 10.9 Å². The highest BCUT2D eigenvalue weighted by atomic mass is 127. The zero-order valence-electron chi connectivity index (χ0n) is 9.95. The maximum Gasteiger partial charge on any atom is 0.277 e. The van der Waals surface area contributed by atoms with Crippen molar-refractivity contribution in [3.8, 4) is 0 Å². The van der Waals surface area contributed by atoms with Crippen LogP contribution >= 0.6 is 22.6 Å². The molecule has 4 nitrogen and oxygen atoms in total. The lowest BCUT2D eigenvalue weighted by Gasteiger charge is -2.05. The minimum atomic E-state index is -0.107. The maximum atomic E-state index is 12.3. The summed E-state index contributed by atoms with van der Waals surface area (Å²) in [5, 5.41) is 8.64. The molecular weight excluding hydrogens is 353 g/mol. The summed E-state index contributed by atoms with van der Waals surface area (Å²) in [6.45, 7) is 0.438. The molecule has 0 aliphatic carbocycles. The van der Waals surface area contributed by atoms with Crippen LogP contribution in [0, 0.1) is 3.57 Å². The first-order valence-electron chi connectivity index (χ1n) is 5.81. The van der Waals surface area contributed by atoms with Gasteiger partial charge in [-0.3, -0.25) is 4.79 Å². The highest BCUT2D eigenvalue weighted by Gasteiger charge is 2.05. The molecule has 0 radical (unpaired) electrons. The summed E-state index contributed by atoms with van der Waals surface area (Å²) < 4.78 is 2.56. The molecule has 0 atom stereocenters. The van der Waals surface area contributed by atoms with Crippen LogP contribution in [-0.2, 0) is 6.54 Å². The Balaban J connectivity index is 2.04. The molecule has 0 amide bonds. The SMILES string of the molecule is O=c1c2ccccc2nnn1Cc1ccc(I)cc1. The Morgan fingerprint density at radius 1 is 1.05 bits per heavy atom. The minimum absolute atomic E-state index is 0.107. The Bertz CT molecular complexity index is 781. The van der Waals surface area contributed by atoms with Gasteiger partial charge in [0.25, 0.3) is 5.56 Å². The van der Waals surface area contributed by atoms with Crippen molar-refractivity contribution in [2.75, 3.05) is 0 Å². The van der Waals surface area contributed by atoms with Crippen molar-refractivity contribution in [2.45, 2.75) is 6.54 Å².